The van der Waals surface area contributed by atoms with Gasteiger partial charge in [0.15, 0.2) is 0 Å². The Balaban J connectivity index is 1.95. The number of carboxylic acids is 1. The summed E-state index contributed by atoms with van der Waals surface area (Å²) in [6.07, 6.45) is 3.42. The lowest BCUT2D eigenvalue weighted by Crippen LogP contribution is -2.22. The van der Waals surface area contributed by atoms with Gasteiger partial charge in [-0.3, -0.25) is 4.79 Å². The van der Waals surface area contributed by atoms with Crippen molar-refractivity contribution in [2.75, 3.05) is 18.0 Å². The van der Waals surface area contributed by atoms with Crippen molar-refractivity contribution < 1.29 is 9.90 Å². The number of nitrogens with zero attached hydrogens (tertiary/aromatic N) is 4. The van der Waals surface area contributed by atoms with Crippen LogP contribution in [0.5, 0.6) is 0 Å². The third kappa shape index (κ3) is 2.94. The molecule has 1 aromatic rings. The number of carbonyl (C=O) groups is 1. The van der Waals surface area contributed by atoms with Gasteiger partial charge in [-0.05, 0) is 24.8 Å². The Labute approximate surface area is 105 Å². The molecular formula is C12H14N4O2. The van der Waals surface area contributed by atoms with E-state index in [1.807, 2.05) is 11.0 Å². The second kappa shape index (κ2) is 5.45. The van der Waals surface area contributed by atoms with Crippen LogP contribution in [0.1, 0.15) is 25.0 Å². The van der Waals surface area contributed by atoms with Gasteiger partial charge in [0.05, 0.1) is 0 Å². The van der Waals surface area contributed by atoms with E-state index >= 15 is 0 Å². The van der Waals surface area contributed by atoms with E-state index in [1.165, 1.54) is 0 Å². The third-order valence-electron chi connectivity index (χ3n) is 3.09. The number of rotatable bonds is 4. The maximum atomic E-state index is 10.5. The highest BCUT2D eigenvalue weighted by Crippen LogP contribution is 2.24. The lowest BCUT2D eigenvalue weighted by Gasteiger charge is -2.15. The summed E-state index contributed by atoms with van der Waals surface area (Å²) in [6, 6.07) is 3.56. The Morgan fingerprint density at radius 2 is 2.50 bits per heavy atom. The third-order valence-corrected chi connectivity index (χ3v) is 3.09. The Kier molecular flexibility index (Phi) is 3.72. The average Bonchev–Trinajstić information content (AvgIpc) is 2.85. The Bertz CT molecular complexity index is 483. The highest BCUT2D eigenvalue weighted by Gasteiger charge is 2.24. The first-order chi connectivity index (χ1) is 8.69. The van der Waals surface area contributed by atoms with Crippen LogP contribution in [0.2, 0.25) is 0 Å². The number of hydrogen-bond acceptors (Lipinski definition) is 5. The molecule has 0 aliphatic carbocycles. The van der Waals surface area contributed by atoms with Gasteiger partial charge in [-0.1, -0.05) is 0 Å². The van der Waals surface area contributed by atoms with Crippen molar-refractivity contribution in [1.29, 1.82) is 5.26 Å². The van der Waals surface area contributed by atoms with Crippen LogP contribution in [0.4, 0.5) is 5.95 Å². The van der Waals surface area contributed by atoms with Crippen LogP contribution in [0.3, 0.4) is 0 Å². The van der Waals surface area contributed by atoms with Crippen molar-refractivity contribution in [3.05, 3.63) is 18.0 Å². The van der Waals surface area contributed by atoms with Crippen molar-refractivity contribution in [2.24, 2.45) is 5.92 Å². The second-order valence-corrected chi connectivity index (χ2v) is 4.39. The van der Waals surface area contributed by atoms with E-state index in [0.717, 1.165) is 19.5 Å². The van der Waals surface area contributed by atoms with Gasteiger partial charge < -0.3 is 10.0 Å². The number of aliphatic carboxylic acids is 1. The Morgan fingerprint density at radius 1 is 1.67 bits per heavy atom. The topological polar surface area (TPSA) is 90.1 Å². The molecule has 1 aliphatic rings. The van der Waals surface area contributed by atoms with Crippen molar-refractivity contribution >= 4 is 11.9 Å². The monoisotopic (exact) mass is 246 g/mol. The first-order valence-electron chi connectivity index (χ1n) is 5.89. The molecule has 6 heteroatoms. The molecule has 1 atom stereocenters. The van der Waals surface area contributed by atoms with E-state index in [1.54, 1.807) is 12.3 Å². The molecule has 1 unspecified atom stereocenters. The fourth-order valence-corrected chi connectivity index (χ4v) is 2.14. The summed E-state index contributed by atoms with van der Waals surface area (Å²) < 4.78 is 0. The number of carboxylic acid groups (broad SMARTS) is 1. The molecule has 0 saturated carbocycles. The minimum atomic E-state index is -0.754. The molecule has 2 rings (SSSR count). The first kappa shape index (κ1) is 12.3. The highest BCUT2D eigenvalue weighted by atomic mass is 16.4. The number of nitriles is 1. The molecule has 0 spiro atoms. The molecule has 1 saturated heterocycles. The molecule has 1 aliphatic heterocycles. The van der Waals surface area contributed by atoms with Gasteiger partial charge in [-0.2, -0.15) is 5.26 Å². The quantitative estimate of drug-likeness (QED) is 0.853. The minimum absolute atomic E-state index is 0.206. The second-order valence-electron chi connectivity index (χ2n) is 4.39. The zero-order valence-electron chi connectivity index (χ0n) is 9.91. The van der Waals surface area contributed by atoms with Gasteiger partial charge in [-0.25, -0.2) is 9.97 Å². The van der Waals surface area contributed by atoms with Gasteiger partial charge in [0, 0.05) is 25.7 Å². The predicted octanol–water partition coefficient (Wildman–Crippen LogP) is 1.04. The summed E-state index contributed by atoms with van der Waals surface area (Å²) in [7, 11) is 0. The van der Waals surface area contributed by atoms with Crippen LogP contribution in [-0.4, -0.2) is 34.1 Å². The summed E-state index contributed by atoms with van der Waals surface area (Å²) in [5.41, 5.74) is 0.356. The number of hydrogen-bond donors (Lipinski definition) is 1. The van der Waals surface area contributed by atoms with Gasteiger partial charge in [0.2, 0.25) is 5.95 Å². The Morgan fingerprint density at radius 3 is 3.22 bits per heavy atom. The van der Waals surface area contributed by atoms with Crippen LogP contribution < -0.4 is 4.90 Å². The summed E-state index contributed by atoms with van der Waals surface area (Å²) in [4.78, 5) is 20.8. The molecule has 0 radical (unpaired) electrons. The fraction of sp³-hybridized carbons (Fsp3) is 0.500. The van der Waals surface area contributed by atoms with Gasteiger partial charge in [-0.15, -0.1) is 0 Å². The van der Waals surface area contributed by atoms with Crippen molar-refractivity contribution in [3.63, 3.8) is 0 Å². The summed E-state index contributed by atoms with van der Waals surface area (Å²) in [5, 5.41) is 17.4. The van der Waals surface area contributed by atoms with Crippen molar-refractivity contribution in [3.8, 4) is 6.07 Å². The van der Waals surface area contributed by atoms with Gasteiger partial charge in [0.1, 0.15) is 11.8 Å². The summed E-state index contributed by atoms with van der Waals surface area (Å²) in [5.74, 6) is 0.179. The molecule has 1 N–H and O–H groups in total. The summed E-state index contributed by atoms with van der Waals surface area (Å²) >= 11 is 0. The number of aromatic nitrogens is 2. The van der Waals surface area contributed by atoms with Crippen LogP contribution in [0.15, 0.2) is 12.3 Å². The molecule has 2 heterocycles. The van der Waals surface area contributed by atoms with Gasteiger partial charge in [0.25, 0.3) is 0 Å². The maximum Gasteiger partial charge on any atom is 0.303 e. The SMILES string of the molecule is N#Cc1ccnc(N2CCC(CCC(=O)O)C2)n1. The zero-order chi connectivity index (χ0) is 13.0. The van der Waals surface area contributed by atoms with Crippen LogP contribution in [-0.2, 0) is 4.79 Å². The molecule has 1 aromatic heterocycles. The van der Waals surface area contributed by atoms with E-state index in [0.29, 0.717) is 24.0 Å². The molecular weight excluding hydrogens is 232 g/mol. The van der Waals surface area contributed by atoms with Crippen LogP contribution >= 0.6 is 0 Å². The maximum absolute atomic E-state index is 10.5. The van der Waals surface area contributed by atoms with E-state index in [2.05, 4.69) is 9.97 Å². The normalized spacial score (nSPS) is 18.6. The molecule has 94 valence electrons. The molecule has 6 nitrogen and oxygen atoms in total. The molecule has 0 bridgehead atoms. The van der Waals surface area contributed by atoms with E-state index in [-0.39, 0.29) is 6.42 Å². The average molecular weight is 246 g/mol. The van der Waals surface area contributed by atoms with E-state index in [9.17, 15) is 4.79 Å². The van der Waals surface area contributed by atoms with Crippen LogP contribution in [0, 0.1) is 17.2 Å². The van der Waals surface area contributed by atoms with E-state index < -0.39 is 5.97 Å². The molecule has 0 amide bonds. The number of anilines is 1. The fourth-order valence-electron chi connectivity index (χ4n) is 2.14. The van der Waals surface area contributed by atoms with Crippen LogP contribution in [0.25, 0.3) is 0 Å². The smallest absolute Gasteiger partial charge is 0.303 e. The largest absolute Gasteiger partial charge is 0.481 e. The first-order valence-corrected chi connectivity index (χ1v) is 5.89. The predicted molar refractivity (Wildman–Crippen MR) is 63.9 cm³/mol. The molecule has 1 fully saturated rings. The van der Waals surface area contributed by atoms with E-state index in [4.69, 9.17) is 10.4 Å². The highest BCUT2D eigenvalue weighted by molar-refractivity contribution is 5.66. The minimum Gasteiger partial charge on any atom is -0.481 e. The van der Waals surface area contributed by atoms with Crippen molar-refractivity contribution in [1.82, 2.24) is 9.97 Å². The van der Waals surface area contributed by atoms with Crippen molar-refractivity contribution in [2.45, 2.75) is 19.3 Å². The van der Waals surface area contributed by atoms with Gasteiger partial charge >= 0.3 is 5.97 Å². The summed E-state index contributed by atoms with van der Waals surface area (Å²) in [6.45, 7) is 1.58. The zero-order valence-corrected chi connectivity index (χ0v) is 9.91. The molecule has 0 aromatic carbocycles. The standard InChI is InChI=1S/C12H14N4O2/c13-7-10-3-5-14-12(15-10)16-6-4-9(8-16)1-2-11(17)18/h3,5,9H,1-2,4,6,8H2,(H,17,18). The molecule has 18 heavy (non-hydrogen) atoms. The lowest BCUT2D eigenvalue weighted by atomic mass is 10.0. The Hall–Kier alpha value is -2.16. The lowest BCUT2D eigenvalue weighted by molar-refractivity contribution is -0.137.